The van der Waals surface area contributed by atoms with Crippen LogP contribution in [0.1, 0.15) is 20.8 Å². The first kappa shape index (κ1) is 16.8. The highest BCUT2D eigenvalue weighted by Gasteiger charge is 2.16. The molecule has 7 nitrogen and oxygen atoms in total. The fraction of sp³-hybridized carbons (Fsp3) is 0.375. The van der Waals surface area contributed by atoms with E-state index in [0.717, 1.165) is 5.56 Å². The van der Waals surface area contributed by atoms with Crippen molar-refractivity contribution in [2.75, 3.05) is 13.2 Å². The number of rotatable bonds is 7. The monoisotopic (exact) mass is 320 g/mol. The number of amides is 1. The Morgan fingerprint density at radius 2 is 2.00 bits per heavy atom. The molecule has 124 valence electrons. The molecule has 0 unspecified atom stereocenters. The number of carbonyl (C=O) groups excluding carboxylic acids is 1. The standard InChI is InChI=1S/C16H20N2O5/c1-16(2,3)23-18(11-19)8-9-21-15-10-14(22-17-15)12-4-6-13(20)7-5-12/h4-7,10-11,20H,8-9H2,1-3H3. The van der Waals surface area contributed by atoms with Crippen LogP contribution in [-0.2, 0) is 9.63 Å². The highest BCUT2D eigenvalue weighted by Crippen LogP contribution is 2.25. The summed E-state index contributed by atoms with van der Waals surface area (Å²) in [6, 6.07) is 8.19. The summed E-state index contributed by atoms with van der Waals surface area (Å²) < 4.78 is 10.6. The summed E-state index contributed by atoms with van der Waals surface area (Å²) >= 11 is 0. The van der Waals surface area contributed by atoms with Crippen molar-refractivity contribution in [1.29, 1.82) is 0 Å². The topological polar surface area (TPSA) is 85.0 Å². The van der Waals surface area contributed by atoms with Gasteiger partial charge in [-0.3, -0.25) is 9.63 Å². The van der Waals surface area contributed by atoms with Crippen LogP contribution in [0, 0.1) is 0 Å². The Kier molecular flexibility index (Phi) is 5.23. The van der Waals surface area contributed by atoms with Crippen molar-refractivity contribution in [2.45, 2.75) is 26.4 Å². The maximum Gasteiger partial charge on any atom is 0.254 e. The molecule has 23 heavy (non-hydrogen) atoms. The van der Waals surface area contributed by atoms with Crippen LogP contribution in [0.2, 0.25) is 0 Å². The number of hydroxylamine groups is 2. The fourth-order valence-electron chi connectivity index (χ4n) is 1.80. The molecule has 1 heterocycles. The second kappa shape index (κ2) is 7.15. The Bertz CT molecular complexity index is 631. The lowest BCUT2D eigenvalue weighted by Crippen LogP contribution is -2.35. The van der Waals surface area contributed by atoms with E-state index in [0.29, 0.717) is 18.1 Å². The Balaban J connectivity index is 1.87. The average Bonchev–Trinajstić information content (AvgIpc) is 2.94. The molecule has 0 aliphatic heterocycles. The van der Waals surface area contributed by atoms with Gasteiger partial charge in [0, 0.05) is 11.6 Å². The zero-order chi connectivity index (χ0) is 16.9. The Labute approximate surface area is 134 Å². The van der Waals surface area contributed by atoms with Crippen LogP contribution in [0.15, 0.2) is 34.9 Å². The average molecular weight is 320 g/mol. The van der Waals surface area contributed by atoms with Gasteiger partial charge < -0.3 is 14.4 Å². The number of hydrogen-bond acceptors (Lipinski definition) is 6. The van der Waals surface area contributed by atoms with Crippen LogP contribution >= 0.6 is 0 Å². The summed E-state index contributed by atoms with van der Waals surface area (Å²) in [7, 11) is 0. The molecular weight excluding hydrogens is 300 g/mol. The molecule has 1 N–H and O–H groups in total. The molecule has 1 aromatic heterocycles. The van der Waals surface area contributed by atoms with Gasteiger partial charge in [0.15, 0.2) is 5.76 Å². The Morgan fingerprint density at radius 3 is 2.61 bits per heavy atom. The number of carbonyl (C=O) groups is 1. The molecular formula is C16H20N2O5. The van der Waals surface area contributed by atoms with Gasteiger partial charge in [-0.1, -0.05) is 0 Å². The maximum absolute atomic E-state index is 10.9. The Morgan fingerprint density at radius 1 is 1.30 bits per heavy atom. The van der Waals surface area contributed by atoms with Gasteiger partial charge in [0.2, 0.25) is 6.41 Å². The van der Waals surface area contributed by atoms with Crippen molar-refractivity contribution in [3.8, 4) is 23.0 Å². The summed E-state index contributed by atoms with van der Waals surface area (Å²) in [4.78, 5) is 16.4. The first-order valence-electron chi connectivity index (χ1n) is 7.17. The number of aromatic nitrogens is 1. The third-order valence-electron chi connectivity index (χ3n) is 2.71. The number of benzene rings is 1. The summed E-state index contributed by atoms with van der Waals surface area (Å²) in [6.45, 7) is 6.04. The van der Waals surface area contributed by atoms with Crippen molar-refractivity contribution in [2.24, 2.45) is 0 Å². The lowest BCUT2D eigenvalue weighted by molar-refractivity contribution is -0.217. The van der Waals surface area contributed by atoms with Gasteiger partial charge >= 0.3 is 0 Å². The third-order valence-corrected chi connectivity index (χ3v) is 2.71. The van der Waals surface area contributed by atoms with E-state index in [-0.39, 0.29) is 18.9 Å². The highest BCUT2D eigenvalue weighted by atomic mass is 16.7. The molecule has 0 spiro atoms. The molecule has 0 saturated heterocycles. The van der Waals surface area contributed by atoms with Gasteiger partial charge in [-0.2, -0.15) is 0 Å². The van der Waals surface area contributed by atoms with Gasteiger partial charge in [0.05, 0.1) is 12.1 Å². The molecule has 0 aliphatic rings. The summed E-state index contributed by atoms with van der Waals surface area (Å²) in [6.07, 6.45) is 0.610. The number of phenolic OH excluding ortho intramolecular Hbond substituents is 1. The smallest absolute Gasteiger partial charge is 0.254 e. The summed E-state index contributed by atoms with van der Waals surface area (Å²) in [5.41, 5.74) is 0.316. The molecule has 0 bridgehead atoms. The summed E-state index contributed by atoms with van der Waals surface area (Å²) in [5, 5.41) is 14.3. The second-order valence-corrected chi connectivity index (χ2v) is 5.87. The quantitative estimate of drug-likeness (QED) is 0.623. The van der Waals surface area contributed by atoms with Crippen LogP contribution < -0.4 is 4.74 Å². The molecule has 0 fully saturated rings. The number of phenols is 1. The largest absolute Gasteiger partial charge is 0.508 e. The van der Waals surface area contributed by atoms with Crippen LogP contribution in [-0.4, -0.2) is 40.5 Å². The van der Waals surface area contributed by atoms with Gasteiger partial charge in [-0.05, 0) is 50.2 Å². The highest BCUT2D eigenvalue weighted by molar-refractivity contribution is 5.58. The molecule has 7 heteroatoms. The molecule has 0 atom stereocenters. The van der Waals surface area contributed by atoms with E-state index < -0.39 is 5.60 Å². The van der Waals surface area contributed by atoms with E-state index in [9.17, 15) is 9.90 Å². The van der Waals surface area contributed by atoms with Crippen molar-refractivity contribution in [1.82, 2.24) is 10.2 Å². The molecule has 1 aromatic carbocycles. The normalized spacial score (nSPS) is 11.3. The molecule has 0 saturated carbocycles. The van der Waals surface area contributed by atoms with Crippen LogP contribution in [0.3, 0.4) is 0 Å². The van der Waals surface area contributed by atoms with Crippen LogP contribution in [0.25, 0.3) is 11.3 Å². The van der Waals surface area contributed by atoms with Gasteiger partial charge in [0.25, 0.3) is 5.88 Å². The second-order valence-electron chi connectivity index (χ2n) is 5.87. The molecule has 0 aliphatic carbocycles. The van der Waals surface area contributed by atoms with Gasteiger partial charge in [-0.15, -0.1) is 0 Å². The third kappa shape index (κ3) is 5.30. The minimum Gasteiger partial charge on any atom is -0.508 e. The van der Waals surface area contributed by atoms with Crippen molar-refractivity contribution < 1.29 is 24.0 Å². The van der Waals surface area contributed by atoms with Crippen molar-refractivity contribution in [3.05, 3.63) is 30.3 Å². The summed E-state index contributed by atoms with van der Waals surface area (Å²) in [5.74, 6) is 1.02. The van der Waals surface area contributed by atoms with Crippen LogP contribution in [0.5, 0.6) is 11.6 Å². The van der Waals surface area contributed by atoms with Crippen molar-refractivity contribution >= 4 is 6.41 Å². The molecule has 2 rings (SSSR count). The van der Waals surface area contributed by atoms with Gasteiger partial charge in [0.1, 0.15) is 12.4 Å². The lowest BCUT2D eigenvalue weighted by atomic mass is 10.2. The van der Waals surface area contributed by atoms with Crippen molar-refractivity contribution in [3.63, 3.8) is 0 Å². The first-order chi connectivity index (χ1) is 10.9. The zero-order valence-electron chi connectivity index (χ0n) is 13.4. The van der Waals surface area contributed by atoms with Crippen LogP contribution in [0.4, 0.5) is 0 Å². The lowest BCUT2D eigenvalue weighted by Gasteiger charge is -2.26. The van der Waals surface area contributed by atoms with E-state index in [1.807, 2.05) is 20.8 Å². The van der Waals surface area contributed by atoms with E-state index >= 15 is 0 Å². The molecule has 1 amide bonds. The van der Waals surface area contributed by atoms with Gasteiger partial charge in [-0.25, -0.2) is 5.06 Å². The minimum atomic E-state index is -0.458. The van der Waals surface area contributed by atoms with E-state index in [1.54, 1.807) is 30.3 Å². The SMILES string of the molecule is CC(C)(C)ON(C=O)CCOc1cc(-c2ccc(O)cc2)on1. The maximum atomic E-state index is 10.9. The number of nitrogens with zero attached hydrogens (tertiary/aromatic N) is 2. The molecule has 0 radical (unpaired) electrons. The fourth-order valence-corrected chi connectivity index (χ4v) is 1.80. The number of hydrogen-bond donors (Lipinski definition) is 1. The molecule has 2 aromatic rings. The first-order valence-corrected chi connectivity index (χ1v) is 7.17. The minimum absolute atomic E-state index is 0.178. The Hall–Kier alpha value is -2.54. The predicted molar refractivity (Wildman–Crippen MR) is 82.7 cm³/mol. The number of ether oxygens (including phenoxy) is 1. The van der Waals surface area contributed by atoms with E-state index in [4.69, 9.17) is 14.1 Å². The number of aromatic hydroxyl groups is 1. The predicted octanol–water partition coefficient (Wildman–Crippen LogP) is 2.61. The van der Waals surface area contributed by atoms with E-state index in [1.165, 1.54) is 5.06 Å². The van der Waals surface area contributed by atoms with E-state index in [2.05, 4.69) is 5.16 Å². The zero-order valence-corrected chi connectivity index (χ0v) is 13.4.